The van der Waals surface area contributed by atoms with Crippen LogP contribution in [0.2, 0.25) is 0 Å². The summed E-state index contributed by atoms with van der Waals surface area (Å²) in [4.78, 5) is 8.15. The molecule has 0 aliphatic carbocycles. The molecular weight excluding hydrogens is 164 g/mol. The van der Waals surface area contributed by atoms with Gasteiger partial charge in [0.1, 0.15) is 6.61 Å². The fraction of sp³-hybridized carbons (Fsp3) is 0.400. The number of allylic oxidation sites excluding steroid dienone is 1. The largest absolute Gasteiger partial charge is 0.472 e. The lowest BCUT2D eigenvalue weighted by molar-refractivity contribution is 0.335. The van der Waals surface area contributed by atoms with Crippen molar-refractivity contribution in [2.24, 2.45) is 0 Å². The molecule has 0 fully saturated rings. The molecular formula is C10H14N2O. The first-order chi connectivity index (χ1) is 6.22. The van der Waals surface area contributed by atoms with Crippen LogP contribution in [0.1, 0.15) is 19.5 Å². The Bertz CT molecular complexity index is 308. The van der Waals surface area contributed by atoms with Crippen LogP contribution >= 0.6 is 0 Å². The first kappa shape index (κ1) is 9.71. The lowest BCUT2D eigenvalue weighted by Crippen LogP contribution is -2.01. The first-order valence-electron chi connectivity index (χ1n) is 4.25. The highest BCUT2D eigenvalue weighted by Crippen LogP contribution is 2.05. The Morgan fingerprint density at radius 1 is 1.54 bits per heavy atom. The zero-order chi connectivity index (χ0) is 9.68. The van der Waals surface area contributed by atoms with Crippen LogP contribution < -0.4 is 4.74 Å². The predicted molar refractivity (Wildman–Crippen MR) is 51.7 cm³/mol. The standard InChI is InChI=1S/C10H14N2O/c1-4-8(2)7-13-10-6-11-5-9(3)12-10/h4-6H,7H2,1-3H3/b8-4+. The van der Waals surface area contributed by atoms with Crippen molar-refractivity contribution in [1.29, 1.82) is 0 Å². The number of rotatable bonds is 3. The molecule has 3 nitrogen and oxygen atoms in total. The molecule has 0 unspecified atom stereocenters. The minimum Gasteiger partial charge on any atom is -0.472 e. The average Bonchev–Trinajstić information content (AvgIpc) is 2.14. The second-order valence-electron chi connectivity index (χ2n) is 2.92. The molecule has 0 saturated heterocycles. The summed E-state index contributed by atoms with van der Waals surface area (Å²) in [6.07, 6.45) is 5.34. The number of aryl methyl sites for hydroxylation is 1. The van der Waals surface area contributed by atoms with Crippen LogP contribution in [0, 0.1) is 6.92 Å². The Hall–Kier alpha value is -1.38. The molecule has 1 heterocycles. The second kappa shape index (κ2) is 4.60. The molecule has 13 heavy (non-hydrogen) atoms. The van der Waals surface area contributed by atoms with Gasteiger partial charge in [0.2, 0.25) is 5.88 Å². The maximum absolute atomic E-state index is 5.40. The molecule has 0 bridgehead atoms. The molecule has 0 aromatic carbocycles. The Balaban J connectivity index is 2.55. The SMILES string of the molecule is C/C=C(\C)COc1cncc(C)n1. The summed E-state index contributed by atoms with van der Waals surface area (Å²) in [5.41, 5.74) is 2.05. The summed E-state index contributed by atoms with van der Waals surface area (Å²) >= 11 is 0. The van der Waals surface area contributed by atoms with Gasteiger partial charge in [0.05, 0.1) is 11.9 Å². The molecule has 0 aliphatic rings. The van der Waals surface area contributed by atoms with Crippen LogP contribution in [0.5, 0.6) is 5.88 Å². The van der Waals surface area contributed by atoms with Crippen LogP contribution in [0.3, 0.4) is 0 Å². The van der Waals surface area contributed by atoms with E-state index < -0.39 is 0 Å². The van der Waals surface area contributed by atoms with Crippen LogP contribution in [0.4, 0.5) is 0 Å². The summed E-state index contributed by atoms with van der Waals surface area (Å²) < 4.78 is 5.40. The van der Waals surface area contributed by atoms with Gasteiger partial charge in [-0.2, -0.15) is 0 Å². The van der Waals surface area contributed by atoms with Gasteiger partial charge < -0.3 is 4.74 Å². The molecule has 0 radical (unpaired) electrons. The summed E-state index contributed by atoms with van der Waals surface area (Å²) in [7, 11) is 0. The van der Waals surface area contributed by atoms with Crippen molar-refractivity contribution >= 4 is 0 Å². The first-order valence-corrected chi connectivity index (χ1v) is 4.25. The van der Waals surface area contributed by atoms with E-state index in [1.165, 1.54) is 5.57 Å². The van der Waals surface area contributed by atoms with Gasteiger partial charge in [-0.3, -0.25) is 4.98 Å². The van der Waals surface area contributed by atoms with Crippen LogP contribution in [0.25, 0.3) is 0 Å². The molecule has 0 N–H and O–H groups in total. The van der Waals surface area contributed by atoms with Gasteiger partial charge in [-0.25, -0.2) is 4.98 Å². The molecule has 70 valence electrons. The van der Waals surface area contributed by atoms with Crippen molar-refractivity contribution in [2.75, 3.05) is 6.61 Å². The normalized spacial score (nSPS) is 11.5. The van der Waals surface area contributed by atoms with Gasteiger partial charge in [0.15, 0.2) is 0 Å². The van der Waals surface area contributed by atoms with Crippen LogP contribution in [-0.2, 0) is 0 Å². The highest BCUT2D eigenvalue weighted by atomic mass is 16.5. The molecule has 1 aromatic heterocycles. The molecule has 1 rings (SSSR count). The smallest absolute Gasteiger partial charge is 0.232 e. The highest BCUT2D eigenvalue weighted by molar-refractivity contribution is 5.08. The van der Waals surface area contributed by atoms with Gasteiger partial charge in [-0.15, -0.1) is 0 Å². The second-order valence-corrected chi connectivity index (χ2v) is 2.92. The Morgan fingerprint density at radius 3 is 2.92 bits per heavy atom. The van der Waals surface area contributed by atoms with Crippen LogP contribution in [0.15, 0.2) is 24.0 Å². The Kier molecular flexibility index (Phi) is 3.43. The van der Waals surface area contributed by atoms with Crippen molar-refractivity contribution in [3.63, 3.8) is 0 Å². The summed E-state index contributed by atoms with van der Waals surface area (Å²) in [5.74, 6) is 0.584. The van der Waals surface area contributed by atoms with Gasteiger partial charge in [-0.1, -0.05) is 6.08 Å². The van der Waals surface area contributed by atoms with Gasteiger partial charge in [0, 0.05) is 6.20 Å². The average molecular weight is 178 g/mol. The highest BCUT2D eigenvalue weighted by Gasteiger charge is 1.95. The number of ether oxygens (including phenoxy) is 1. The number of aromatic nitrogens is 2. The third-order valence-electron chi connectivity index (χ3n) is 1.67. The molecule has 1 aromatic rings. The predicted octanol–water partition coefficient (Wildman–Crippen LogP) is 2.13. The molecule has 0 amide bonds. The molecule has 0 aliphatic heterocycles. The molecule has 0 saturated carbocycles. The van der Waals surface area contributed by atoms with Crippen molar-refractivity contribution in [2.45, 2.75) is 20.8 Å². The van der Waals surface area contributed by atoms with Crippen LogP contribution in [-0.4, -0.2) is 16.6 Å². The zero-order valence-corrected chi connectivity index (χ0v) is 8.24. The van der Waals surface area contributed by atoms with E-state index in [2.05, 4.69) is 9.97 Å². The lowest BCUT2D eigenvalue weighted by atomic mass is 10.3. The van der Waals surface area contributed by atoms with Crippen molar-refractivity contribution < 1.29 is 4.74 Å². The zero-order valence-electron chi connectivity index (χ0n) is 8.24. The molecule has 3 heteroatoms. The number of hydrogen-bond donors (Lipinski definition) is 0. The quantitative estimate of drug-likeness (QED) is 0.665. The van der Waals surface area contributed by atoms with E-state index in [1.807, 2.05) is 26.8 Å². The third kappa shape index (κ3) is 3.23. The molecule has 0 spiro atoms. The van der Waals surface area contributed by atoms with E-state index in [0.717, 1.165) is 5.69 Å². The minimum absolute atomic E-state index is 0.578. The van der Waals surface area contributed by atoms with Crippen molar-refractivity contribution in [3.8, 4) is 5.88 Å². The van der Waals surface area contributed by atoms with E-state index >= 15 is 0 Å². The topological polar surface area (TPSA) is 35.0 Å². The fourth-order valence-corrected chi connectivity index (χ4v) is 0.781. The Morgan fingerprint density at radius 2 is 2.31 bits per heavy atom. The van der Waals surface area contributed by atoms with E-state index in [1.54, 1.807) is 12.4 Å². The van der Waals surface area contributed by atoms with E-state index in [4.69, 9.17) is 4.74 Å². The Labute approximate surface area is 78.5 Å². The maximum Gasteiger partial charge on any atom is 0.232 e. The third-order valence-corrected chi connectivity index (χ3v) is 1.67. The summed E-state index contributed by atoms with van der Waals surface area (Å²) in [6.45, 7) is 6.47. The van der Waals surface area contributed by atoms with Crippen molar-refractivity contribution in [3.05, 3.63) is 29.7 Å². The van der Waals surface area contributed by atoms with Gasteiger partial charge in [-0.05, 0) is 26.3 Å². The fourth-order valence-electron chi connectivity index (χ4n) is 0.781. The van der Waals surface area contributed by atoms with E-state index in [-0.39, 0.29) is 0 Å². The van der Waals surface area contributed by atoms with Gasteiger partial charge >= 0.3 is 0 Å². The maximum atomic E-state index is 5.40. The van der Waals surface area contributed by atoms with Gasteiger partial charge in [0.25, 0.3) is 0 Å². The molecule has 0 atom stereocenters. The van der Waals surface area contributed by atoms with E-state index in [0.29, 0.717) is 12.5 Å². The monoisotopic (exact) mass is 178 g/mol. The number of nitrogens with zero attached hydrogens (tertiary/aromatic N) is 2. The lowest BCUT2D eigenvalue weighted by Gasteiger charge is -2.04. The number of hydrogen-bond acceptors (Lipinski definition) is 3. The summed E-state index contributed by atoms with van der Waals surface area (Å²) in [6, 6.07) is 0. The van der Waals surface area contributed by atoms with Crippen molar-refractivity contribution in [1.82, 2.24) is 9.97 Å². The van der Waals surface area contributed by atoms with E-state index in [9.17, 15) is 0 Å². The summed E-state index contributed by atoms with van der Waals surface area (Å²) in [5, 5.41) is 0. The minimum atomic E-state index is 0.578.